The van der Waals surface area contributed by atoms with E-state index in [2.05, 4.69) is 32.6 Å². The fourth-order valence-corrected chi connectivity index (χ4v) is 5.84. The lowest BCUT2D eigenvalue weighted by Gasteiger charge is -2.44. The third-order valence-corrected chi connectivity index (χ3v) is 7.37. The van der Waals surface area contributed by atoms with Crippen LogP contribution >= 0.6 is 0 Å². The summed E-state index contributed by atoms with van der Waals surface area (Å²) in [6, 6.07) is 0. The Hall–Kier alpha value is -0.0900. The second-order valence-electron chi connectivity index (χ2n) is 7.88. The van der Waals surface area contributed by atoms with Gasteiger partial charge in [-0.25, -0.2) is 8.42 Å². The van der Waals surface area contributed by atoms with Crippen LogP contribution in [0.25, 0.3) is 0 Å². The fraction of sp³-hybridized carbons (Fsp3) is 1.00. The SMILES string of the molecule is CC(C)[C@H]1CC[C@@H](CN2CCS(=O)(=O)CC2(C)C)CC1. The maximum atomic E-state index is 11.8. The summed E-state index contributed by atoms with van der Waals surface area (Å²) in [5, 5.41) is 0. The van der Waals surface area contributed by atoms with Crippen molar-refractivity contribution in [3.05, 3.63) is 0 Å². The van der Waals surface area contributed by atoms with E-state index >= 15 is 0 Å². The summed E-state index contributed by atoms with van der Waals surface area (Å²) < 4.78 is 23.6. The van der Waals surface area contributed by atoms with Gasteiger partial charge in [-0.1, -0.05) is 13.8 Å². The molecule has 0 aromatic rings. The van der Waals surface area contributed by atoms with Gasteiger partial charge in [-0.2, -0.15) is 0 Å². The van der Waals surface area contributed by atoms with E-state index in [4.69, 9.17) is 0 Å². The molecule has 1 saturated carbocycles. The molecule has 2 aliphatic rings. The third kappa shape index (κ3) is 3.97. The van der Waals surface area contributed by atoms with Gasteiger partial charge in [-0.15, -0.1) is 0 Å². The molecule has 1 aliphatic carbocycles. The van der Waals surface area contributed by atoms with Crippen molar-refractivity contribution in [2.45, 2.75) is 58.9 Å². The maximum Gasteiger partial charge on any atom is 0.153 e. The molecule has 0 spiro atoms. The van der Waals surface area contributed by atoms with Gasteiger partial charge in [0.1, 0.15) is 0 Å². The minimum Gasteiger partial charge on any atom is -0.296 e. The summed E-state index contributed by atoms with van der Waals surface area (Å²) in [4.78, 5) is 2.43. The van der Waals surface area contributed by atoms with Crippen molar-refractivity contribution in [1.29, 1.82) is 0 Å². The Balaban J connectivity index is 1.88. The molecular weight excluding hydrogens is 270 g/mol. The number of nitrogens with zero attached hydrogens (tertiary/aromatic N) is 1. The summed E-state index contributed by atoms with van der Waals surface area (Å²) in [6.07, 6.45) is 5.36. The highest BCUT2D eigenvalue weighted by Gasteiger charge is 2.38. The summed E-state index contributed by atoms with van der Waals surface area (Å²) in [6.45, 7) is 10.7. The first kappa shape index (κ1) is 16.3. The maximum absolute atomic E-state index is 11.8. The molecule has 0 radical (unpaired) electrons. The first-order valence-corrected chi connectivity index (χ1v) is 9.97. The van der Waals surface area contributed by atoms with E-state index < -0.39 is 9.84 Å². The van der Waals surface area contributed by atoms with E-state index in [1.807, 2.05) is 0 Å². The van der Waals surface area contributed by atoms with Crippen LogP contribution in [0.15, 0.2) is 0 Å². The standard InChI is InChI=1S/C16H31NO2S/c1-13(2)15-7-5-14(6-8-15)11-17-9-10-20(18,19)12-16(17,3)4/h13-15H,5-12H2,1-4H3/t14-,15+. The third-order valence-electron chi connectivity index (χ3n) is 5.41. The Labute approximate surface area is 125 Å². The minimum atomic E-state index is -2.83. The molecule has 118 valence electrons. The summed E-state index contributed by atoms with van der Waals surface area (Å²) in [5.41, 5.74) is -0.189. The Kier molecular flexibility index (Phi) is 4.85. The van der Waals surface area contributed by atoms with E-state index in [1.165, 1.54) is 25.7 Å². The Morgan fingerprint density at radius 2 is 1.75 bits per heavy atom. The zero-order valence-electron chi connectivity index (χ0n) is 13.6. The number of hydrogen-bond acceptors (Lipinski definition) is 3. The van der Waals surface area contributed by atoms with E-state index in [0.717, 1.165) is 30.8 Å². The van der Waals surface area contributed by atoms with E-state index in [0.29, 0.717) is 11.5 Å². The lowest BCUT2D eigenvalue weighted by atomic mass is 9.76. The van der Waals surface area contributed by atoms with Crippen molar-refractivity contribution < 1.29 is 8.42 Å². The Morgan fingerprint density at radius 1 is 1.15 bits per heavy atom. The minimum absolute atomic E-state index is 0.189. The molecule has 1 saturated heterocycles. The smallest absolute Gasteiger partial charge is 0.153 e. The van der Waals surface area contributed by atoms with Crippen LogP contribution in [0.3, 0.4) is 0 Å². The molecule has 1 aliphatic heterocycles. The lowest BCUT2D eigenvalue weighted by Crippen LogP contribution is -2.56. The largest absolute Gasteiger partial charge is 0.296 e. The van der Waals surface area contributed by atoms with E-state index in [-0.39, 0.29) is 5.54 Å². The number of hydrogen-bond donors (Lipinski definition) is 0. The number of sulfone groups is 1. The first-order chi connectivity index (χ1) is 9.20. The lowest BCUT2D eigenvalue weighted by molar-refractivity contribution is 0.0933. The molecule has 0 amide bonds. The summed E-state index contributed by atoms with van der Waals surface area (Å²) in [5.74, 6) is 3.15. The van der Waals surface area contributed by atoms with Crippen LogP contribution < -0.4 is 0 Å². The highest BCUT2D eigenvalue weighted by atomic mass is 32.2. The molecule has 3 nitrogen and oxygen atoms in total. The van der Waals surface area contributed by atoms with Crippen LogP contribution in [0.5, 0.6) is 0 Å². The quantitative estimate of drug-likeness (QED) is 0.804. The van der Waals surface area contributed by atoms with Gasteiger partial charge in [0.25, 0.3) is 0 Å². The highest BCUT2D eigenvalue weighted by molar-refractivity contribution is 7.91. The molecule has 0 aromatic heterocycles. The molecule has 0 unspecified atom stereocenters. The monoisotopic (exact) mass is 301 g/mol. The summed E-state index contributed by atoms with van der Waals surface area (Å²) >= 11 is 0. The predicted octanol–water partition coefficient (Wildman–Crippen LogP) is 2.96. The van der Waals surface area contributed by atoms with Crippen molar-refractivity contribution in [3.8, 4) is 0 Å². The van der Waals surface area contributed by atoms with Crippen molar-refractivity contribution in [3.63, 3.8) is 0 Å². The van der Waals surface area contributed by atoms with Gasteiger partial charge in [-0.3, -0.25) is 4.90 Å². The van der Waals surface area contributed by atoms with E-state index in [1.54, 1.807) is 0 Å². The van der Waals surface area contributed by atoms with Crippen LogP contribution in [-0.2, 0) is 9.84 Å². The molecule has 20 heavy (non-hydrogen) atoms. The van der Waals surface area contributed by atoms with Gasteiger partial charge < -0.3 is 0 Å². The van der Waals surface area contributed by atoms with Gasteiger partial charge in [0, 0.05) is 18.6 Å². The zero-order valence-corrected chi connectivity index (χ0v) is 14.4. The first-order valence-electron chi connectivity index (χ1n) is 8.15. The van der Waals surface area contributed by atoms with Crippen molar-refractivity contribution in [1.82, 2.24) is 4.90 Å². The molecule has 1 heterocycles. The van der Waals surface area contributed by atoms with Crippen LogP contribution in [0, 0.1) is 17.8 Å². The van der Waals surface area contributed by atoms with Crippen LogP contribution in [0.1, 0.15) is 53.4 Å². The second-order valence-corrected chi connectivity index (χ2v) is 10.1. The van der Waals surface area contributed by atoms with Crippen LogP contribution in [0.2, 0.25) is 0 Å². The second kappa shape index (κ2) is 5.96. The molecule has 0 bridgehead atoms. The van der Waals surface area contributed by atoms with Gasteiger partial charge in [-0.05, 0) is 57.3 Å². The van der Waals surface area contributed by atoms with Gasteiger partial charge >= 0.3 is 0 Å². The van der Waals surface area contributed by atoms with Crippen LogP contribution in [-0.4, -0.2) is 43.5 Å². The normalized spacial score (nSPS) is 34.2. The average molecular weight is 301 g/mol. The van der Waals surface area contributed by atoms with Crippen molar-refractivity contribution in [2.24, 2.45) is 17.8 Å². The highest BCUT2D eigenvalue weighted by Crippen LogP contribution is 2.35. The van der Waals surface area contributed by atoms with Crippen LogP contribution in [0.4, 0.5) is 0 Å². The molecule has 2 fully saturated rings. The average Bonchev–Trinajstić information content (AvgIpc) is 2.32. The topological polar surface area (TPSA) is 37.4 Å². The summed E-state index contributed by atoms with van der Waals surface area (Å²) in [7, 11) is -2.83. The molecule has 0 atom stereocenters. The zero-order chi connectivity index (χ0) is 15.0. The van der Waals surface area contributed by atoms with Crippen molar-refractivity contribution in [2.75, 3.05) is 24.6 Å². The van der Waals surface area contributed by atoms with Crippen molar-refractivity contribution >= 4 is 9.84 Å². The Morgan fingerprint density at radius 3 is 2.25 bits per heavy atom. The van der Waals surface area contributed by atoms with Gasteiger partial charge in [0.2, 0.25) is 0 Å². The number of rotatable bonds is 3. The molecule has 4 heteroatoms. The molecule has 0 N–H and O–H groups in total. The molecular formula is C16H31NO2S. The van der Waals surface area contributed by atoms with Gasteiger partial charge in [0.05, 0.1) is 11.5 Å². The molecule has 2 rings (SSSR count). The predicted molar refractivity (Wildman–Crippen MR) is 84.6 cm³/mol. The Bertz CT molecular complexity index is 420. The van der Waals surface area contributed by atoms with Gasteiger partial charge in [0.15, 0.2) is 9.84 Å². The fourth-order valence-electron chi connectivity index (χ4n) is 3.94. The molecule has 0 aromatic carbocycles. The van der Waals surface area contributed by atoms with E-state index in [9.17, 15) is 8.42 Å².